The van der Waals surface area contributed by atoms with Crippen LogP contribution in [0.4, 0.5) is 15.8 Å². The van der Waals surface area contributed by atoms with E-state index in [-0.39, 0.29) is 23.3 Å². The smallest absolute Gasteiger partial charge is 0.244 e. The zero-order valence-electron chi connectivity index (χ0n) is 18.2. The predicted molar refractivity (Wildman–Crippen MR) is 127 cm³/mol. The van der Waals surface area contributed by atoms with E-state index < -0.39 is 21.8 Å². The second-order valence-corrected chi connectivity index (χ2v) is 11.0. The molecule has 2 heterocycles. The van der Waals surface area contributed by atoms with Crippen molar-refractivity contribution in [2.75, 3.05) is 29.9 Å². The fraction of sp³-hybridized carbons (Fsp3) is 0.391. The van der Waals surface area contributed by atoms with E-state index in [0.717, 1.165) is 5.56 Å². The molecule has 1 fully saturated rings. The Morgan fingerprint density at radius 1 is 1.21 bits per heavy atom. The minimum absolute atomic E-state index is 0.0324. The van der Waals surface area contributed by atoms with Gasteiger partial charge < -0.3 is 10.2 Å². The normalized spacial score (nSPS) is 18.8. The third kappa shape index (κ3) is 4.83. The highest BCUT2D eigenvalue weighted by atomic mass is 79.9. The standard InChI is InChI=1S/C23H25BrFN3O4S/c1-2-22(29)28-10-8-15-11-19(24)21(13-20(15)28)33(31,32)27-9-4-5-16(14-27)23(30)26-18-7-3-6-17(25)12-18/h3,6-7,11-13,16H,2,4-5,8-10,14H2,1H3,(H,26,30)/t16-/m0/s1. The van der Waals surface area contributed by atoms with Crippen LogP contribution in [-0.2, 0) is 26.0 Å². The van der Waals surface area contributed by atoms with Gasteiger partial charge in [-0.2, -0.15) is 4.31 Å². The van der Waals surface area contributed by atoms with Crippen LogP contribution in [0.3, 0.4) is 0 Å². The molecule has 1 saturated heterocycles. The summed E-state index contributed by atoms with van der Waals surface area (Å²) in [6, 6.07) is 8.92. The molecule has 0 saturated carbocycles. The topological polar surface area (TPSA) is 86.8 Å². The van der Waals surface area contributed by atoms with Gasteiger partial charge in [0.15, 0.2) is 0 Å². The molecule has 7 nitrogen and oxygen atoms in total. The molecule has 0 aliphatic carbocycles. The van der Waals surface area contributed by atoms with Gasteiger partial charge in [0.25, 0.3) is 0 Å². The van der Waals surface area contributed by atoms with E-state index in [1.165, 1.54) is 22.5 Å². The number of anilines is 2. The number of benzene rings is 2. The van der Waals surface area contributed by atoms with E-state index in [9.17, 15) is 22.4 Å². The highest BCUT2D eigenvalue weighted by Crippen LogP contribution is 2.37. The SMILES string of the molecule is CCC(=O)N1CCc2cc(Br)c(S(=O)(=O)N3CCC[C@H](C(=O)Nc4cccc(F)c4)C3)cc21. The van der Waals surface area contributed by atoms with Gasteiger partial charge in [-0.3, -0.25) is 9.59 Å². The summed E-state index contributed by atoms with van der Waals surface area (Å²) in [6.07, 6.45) is 2.08. The van der Waals surface area contributed by atoms with Crippen molar-refractivity contribution in [2.45, 2.75) is 37.5 Å². The maximum Gasteiger partial charge on any atom is 0.244 e. The monoisotopic (exact) mass is 537 g/mol. The van der Waals surface area contributed by atoms with E-state index in [1.807, 2.05) is 0 Å². The number of fused-ring (bicyclic) bond motifs is 1. The molecule has 2 aromatic carbocycles. The average Bonchev–Trinajstić information content (AvgIpc) is 3.20. The molecule has 4 rings (SSSR count). The lowest BCUT2D eigenvalue weighted by Gasteiger charge is -2.31. The first kappa shape index (κ1) is 23.8. The third-order valence-electron chi connectivity index (χ3n) is 6.10. The second-order valence-electron chi connectivity index (χ2n) is 8.26. The number of nitrogens with one attached hydrogen (secondary N) is 1. The maximum atomic E-state index is 13.5. The molecule has 0 spiro atoms. The van der Waals surface area contributed by atoms with E-state index in [1.54, 1.807) is 30.0 Å². The van der Waals surface area contributed by atoms with Crippen molar-refractivity contribution < 1.29 is 22.4 Å². The molecule has 176 valence electrons. The number of carbonyl (C=O) groups is 2. The lowest BCUT2D eigenvalue weighted by Crippen LogP contribution is -2.43. The Balaban J connectivity index is 1.56. The number of hydrogen-bond donors (Lipinski definition) is 1. The number of piperidine rings is 1. The van der Waals surface area contributed by atoms with Crippen LogP contribution in [0.25, 0.3) is 0 Å². The van der Waals surface area contributed by atoms with Crippen LogP contribution in [0.2, 0.25) is 0 Å². The summed E-state index contributed by atoms with van der Waals surface area (Å²) in [4.78, 5) is 26.8. The summed E-state index contributed by atoms with van der Waals surface area (Å²) in [5.74, 6) is -1.40. The van der Waals surface area contributed by atoms with E-state index in [0.29, 0.717) is 54.6 Å². The molecule has 0 bridgehead atoms. The van der Waals surface area contributed by atoms with Crippen LogP contribution in [0.5, 0.6) is 0 Å². The zero-order valence-corrected chi connectivity index (χ0v) is 20.6. The number of hydrogen-bond acceptors (Lipinski definition) is 4. The minimum atomic E-state index is -3.91. The first-order valence-electron chi connectivity index (χ1n) is 10.9. The van der Waals surface area contributed by atoms with Crippen molar-refractivity contribution in [1.82, 2.24) is 4.31 Å². The molecular formula is C23H25BrFN3O4S. The minimum Gasteiger partial charge on any atom is -0.326 e. The maximum absolute atomic E-state index is 13.5. The summed E-state index contributed by atoms with van der Waals surface area (Å²) in [5, 5.41) is 2.68. The van der Waals surface area contributed by atoms with E-state index in [2.05, 4.69) is 21.2 Å². The molecule has 1 atom stereocenters. The second kappa shape index (κ2) is 9.52. The van der Waals surface area contributed by atoms with Gasteiger partial charge in [-0.1, -0.05) is 13.0 Å². The van der Waals surface area contributed by atoms with Gasteiger partial charge in [-0.25, -0.2) is 12.8 Å². The molecule has 2 amide bonds. The van der Waals surface area contributed by atoms with Gasteiger partial charge in [0, 0.05) is 41.9 Å². The Morgan fingerprint density at radius 2 is 2.00 bits per heavy atom. The Hall–Kier alpha value is -2.30. The molecule has 0 radical (unpaired) electrons. The molecule has 2 aliphatic heterocycles. The summed E-state index contributed by atoms with van der Waals surface area (Å²) >= 11 is 3.40. The van der Waals surface area contributed by atoms with Crippen molar-refractivity contribution in [1.29, 1.82) is 0 Å². The fourth-order valence-electron chi connectivity index (χ4n) is 4.36. The fourth-order valence-corrected chi connectivity index (χ4v) is 6.95. The number of halogens is 2. The van der Waals surface area contributed by atoms with Crippen LogP contribution in [-0.4, -0.2) is 44.2 Å². The van der Waals surface area contributed by atoms with Crippen LogP contribution >= 0.6 is 15.9 Å². The van der Waals surface area contributed by atoms with Gasteiger partial charge in [-0.15, -0.1) is 0 Å². The summed E-state index contributed by atoms with van der Waals surface area (Å²) in [5.41, 5.74) is 1.89. The first-order valence-corrected chi connectivity index (χ1v) is 13.1. The Labute approximate surface area is 201 Å². The first-order chi connectivity index (χ1) is 15.7. The highest BCUT2D eigenvalue weighted by molar-refractivity contribution is 9.10. The van der Waals surface area contributed by atoms with Crippen LogP contribution in [0.15, 0.2) is 45.8 Å². The largest absolute Gasteiger partial charge is 0.326 e. The molecule has 0 unspecified atom stereocenters. The molecule has 0 aromatic heterocycles. The van der Waals surface area contributed by atoms with Crippen molar-refractivity contribution >= 4 is 49.1 Å². The number of amides is 2. The third-order valence-corrected chi connectivity index (χ3v) is 8.92. The Bertz CT molecular complexity index is 1200. The van der Waals surface area contributed by atoms with Gasteiger partial charge >= 0.3 is 0 Å². The van der Waals surface area contributed by atoms with Crippen LogP contribution < -0.4 is 10.2 Å². The van der Waals surface area contributed by atoms with E-state index >= 15 is 0 Å². The van der Waals surface area contributed by atoms with Crippen molar-refractivity contribution in [3.63, 3.8) is 0 Å². The summed E-state index contributed by atoms with van der Waals surface area (Å²) in [7, 11) is -3.91. The highest BCUT2D eigenvalue weighted by Gasteiger charge is 2.36. The Morgan fingerprint density at radius 3 is 2.73 bits per heavy atom. The number of nitrogens with zero attached hydrogens (tertiary/aromatic N) is 2. The van der Waals surface area contributed by atoms with E-state index in [4.69, 9.17) is 0 Å². The van der Waals surface area contributed by atoms with Crippen molar-refractivity contribution in [3.8, 4) is 0 Å². The van der Waals surface area contributed by atoms with Gasteiger partial charge in [0.05, 0.1) is 10.8 Å². The molecule has 33 heavy (non-hydrogen) atoms. The van der Waals surface area contributed by atoms with Gasteiger partial charge in [0.2, 0.25) is 21.8 Å². The number of carbonyl (C=O) groups excluding carboxylic acids is 2. The van der Waals surface area contributed by atoms with Crippen molar-refractivity contribution in [2.24, 2.45) is 5.92 Å². The summed E-state index contributed by atoms with van der Waals surface area (Å²) in [6.45, 7) is 2.64. The van der Waals surface area contributed by atoms with Crippen LogP contribution in [0.1, 0.15) is 31.7 Å². The summed E-state index contributed by atoms with van der Waals surface area (Å²) < 4.78 is 42.3. The molecule has 1 N–H and O–H groups in total. The molecule has 2 aliphatic rings. The predicted octanol–water partition coefficient (Wildman–Crippen LogP) is 3.93. The van der Waals surface area contributed by atoms with Gasteiger partial charge in [0.1, 0.15) is 5.82 Å². The molecule has 10 heteroatoms. The van der Waals surface area contributed by atoms with Crippen molar-refractivity contribution in [3.05, 3.63) is 52.3 Å². The lowest BCUT2D eigenvalue weighted by molar-refractivity contribution is -0.121. The molecule has 2 aromatic rings. The number of sulfonamides is 1. The quantitative estimate of drug-likeness (QED) is 0.626. The molecular weight excluding hydrogens is 513 g/mol. The van der Waals surface area contributed by atoms with Gasteiger partial charge in [-0.05, 0) is 71.1 Å². The average molecular weight is 538 g/mol. The zero-order chi connectivity index (χ0) is 23.8. The number of rotatable bonds is 5. The lowest BCUT2D eigenvalue weighted by atomic mass is 9.99. The van der Waals surface area contributed by atoms with Crippen LogP contribution in [0, 0.1) is 11.7 Å². The Kier molecular flexibility index (Phi) is 6.88.